The number of aromatic nitrogens is 1. The Bertz CT molecular complexity index is 1450. The fourth-order valence-electron chi connectivity index (χ4n) is 4.68. The molecule has 3 heterocycles. The summed E-state index contributed by atoms with van der Waals surface area (Å²) in [5.41, 5.74) is 0.0131. The molecule has 37 heavy (non-hydrogen) atoms. The van der Waals surface area contributed by atoms with Gasteiger partial charge in [-0.1, -0.05) is 48.6 Å². The molecule has 0 radical (unpaired) electrons. The SMILES string of the molecule is C[C@@H]1C=CC[C@H]2CN1C(=O)c1c(OCc3ccccc3)c(=O)c(C(=O)NCc3ccc(F)cc3F)cn12. The van der Waals surface area contributed by atoms with Gasteiger partial charge in [-0.05, 0) is 25.0 Å². The van der Waals surface area contributed by atoms with Gasteiger partial charge in [-0.2, -0.15) is 0 Å². The maximum absolute atomic E-state index is 14.1. The van der Waals surface area contributed by atoms with E-state index in [-0.39, 0.29) is 53.7 Å². The van der Waals surface area contributed by atoms with Gasteiger partial charge in [0.05, 0.1) is 6.04 Å². The van der Waals surface area contributed by atoms with E-state index in [2.05, 4.69) is 5.32 Å². The van der Waals surface area contributed by atoms with Crippen molar-refractivity contribution >= 4 is 11.8 Å². The molecule has 0 spiro atoms. The van der Waals surface area contributed by atoms with Crippen LogP contribution in [0.25, 0.3) is 0 Å². The van der Waals surface area contributed by atoms with E-state index in [0.717, 1.165) is 17.7 Å². The molecule has 0 fully saturated rings. The lowest BCUT2D eigenvalue weighted by atomic mass is 10.1. The lowest BCUT2D eigenvalue weighted by Gasteiger charge is -2.37. The number of ether oxygens (including phenoxy) is 1. The summed E-state index contributed by atoms with van der Waals surface area (Å²) < 4.78 is 34.9. The molecule has 2 aliphatic heterocycles. The summed E-state index contributed by atoms with van der Waals surface area (Å²) in [6.07, 6.45) is 5.91. The zero-order valence-electron chi connectivity index (χ0n) is 20.1. The second-order valence-electron chi connectivity index (χ2n) is 9.17. The molecule has 2 aliphatic rings. The van der Waals surface area contributed by atoms with Crippen LogP contribution < -0.4 is 15.5 Å². The Morgan fingerprint density at radius 3 is 2.68 bits per heavy atom. The molecule has 0 aliphatic carbocycles. The molecule has 2 atom stereocenters. The number of halogens is 2. The second-order valence-corrected chi connectivity index (χ2v) is 9.17. The van der Waals surface area contributed by atoms with Gasteiger partial charge in [-0.15, -0.1) is 0 Å². The highest BCUT2D eigenvalue weighted by molar-refractivity contribution is 5.99. The Labute approximate surface area is 212 Å². The van der Waals surface area contributed by atoms with Gasteiger partial charge >= 0.3 is 0 Å². The smallest absolute Gasteiger partial charge is 0.275 e. The fourth-order valence-corrected chi connectivity index (χ4v) is 4.68. The van der Waals surface area contributed by atoms with Crippen LogP contribution in [0.15, 0.2) is 71.7 Å². The summed E-state index contributed by atoms with van der Waals surface area (Å²) in [5, 5.41) is 2.53. The van der Waals surface area contributed by atoms with Crippen LogP contribution in [0.4, 0.5) is 8.78 Å². The summed E-state index contributed by atoms with van der Waals surface area (Å²) in [7, 11) is 0. The Morgan fingerprint density at radius 1 is 1.14 bits per heavy atom. The molecular weight excluding hydrogens is 480 g/mol. The van der Waals surface area contributed by atoms with Crippen LogP contribution in [0.2, 0.25) is 0 Å². The highest BCUT2D eigenvalue weighted by Crippen LogP contribution is 2.32. The third-order valence-corrected chi connectivity index (χ3v) is 6.70. The molecule has 0 saturated carbocycles. The highest BCUT2D eigenvalue weighted by Gasteiger charge is 2.38. The number of hydrogen-bond donors (Lipinski definition) is 1. The summed E-state index contributed by atoms with van der Waals surface area (Å²) >= 11 is 0. The number of hydrogen-bond acceptors (Lipinski definition) is 4. The van der Waals surface area contributed by atoms with E-state index in [0.29, 0.717) is 13.0 Å². The summed E-state index contributed by atoms with van der Waals surface area (Å²) in [6, 6.07) is 11.9. The number of amides is 2. The van der Waals surface area contributed by atoms with Crippen LogP contribution in [0.1, 0.15) is 51.4 Å². The Morgan fingerprint density at radius 2 is 1.92 bits per heavy atom. The Hall–Kier alpha value is -4.27. The molecule has 1 aromatic heterocycles. The number of nitrogens with one attached hydrogen (secondary N) is 1. The average molecular weight is 506 g/mol. The number of nitrogens with zero attached hydrogens (tertiary/aromatic N) is 2. The standard InChI is InChI=1S/C28H25F2N3O4/c1-17-6-5-9-21-14-32(17)28(36)24-26(37-16-18-7-3-2-4-8-18)25(34)22(15-33(21)24)27(35)31-13-19-10-11-20(29)12-23(19)30/h2-8,10-12,15,17,21H,9,13-14,16H2,1H3,(H,31,35)/t17-,21+/m1/s1. The first-order valence-corrected chi connectivity index (χ1v) is 12.0. The number of benzene rings is 2. The predicted molar refractivity (Wildman–Crippen MR) is 132 cm³/mol. The van der Waals surface area contributed by atoms with Crippen molar-refractivity contribution in [1.82, 2.24) is 14.8 Å². The van der Waals surface area contributed by atoms with Gasteiger partial charge in [0.25, 0.3) is 11.8 Å². The van der Waals surface area contributed by atoms with Crippen molar-refractivity contribution in [3.05, 3.63) is 111 Å². The van der Waals surface area contributed by atoms with Gasteiger partial charge in [0, 0.05) is 37.0 Å². The van der Waals surface area contributed by atoms with Crippen LogP contribution >= 0.6 is 0 Å². The Balaban J connectivity index is 1.54. The van der Waals surface area contributed by atoms with Crippen LogP contribution in [0.3, 0.4) is 0 Å². The van der Waals surface area contributed by atoms with Crippen LogP contribution in [0, 0.1) is 11.6 Å². The minimum Gasteiger partial charge on any atom is -0.483 e. The van der Waals surface area contributed by atoms with Crippen LogP contribution in [-0.2, 0) is 13.2 Å². The minimum atomic E-state index is -0.806. The maximum Gasteiger partial charge on any atom is 0.275 e. The molecule has 2 bridgehead atoms. The van der Waals surface area contributed by atoms with Crippen molar-refractivity contribution in [3.63, 3.8) is 0 Å². The van der Waals surface area contributed by atoms with E-state index >= 15 is 0 Å². The first-order valence-electron chi connectivity index (χ1n) is 12.0. The van der Waals surface area contributed by atoms with Crippen molar-refractivity contribution in [1.29, 1.82) is 0 Å². The molecule has 2 aromatic carbocycles. The lowest BCUT2D eigenvalue weighted by Crippen LogP contribution is -2.47. The maximum atomic E-state index is 14.1. The van der Waals surface area contributed by atoms with Gasteiger partial charge in [-0.25, -0.2) is 8.78 Å². The molecule has 7 nitrogen and oxygen atoms in total. The van der Waals surface area contributed by atoms with E-state index in [1.807, 2.05) is 49.4 Å². The van der Waals surface area contributed by atoms with E-state index in [4.69, 9.17) is 4.74 Å². The molecule has 3 aromatic rings. The molecule has 0 saturated heterocycles. The van der Waals surface area contributed by atoms with Crippen LogP contribution in [-0.4, -0.2) is 33.9 Å². The van der Waals surface area contributed by atoms with Gasteiger partial charge < -0.3 is 19.5 Å². The first-order chi connectivity index (χ1) is 17.8. The van der Waals surface area contributed by atoms with Crippen molar-refractivity contribution in [2.75, 3.05) is 6.54 Å². The number of carbonyl (C=O) groups is 2. The van der Waals surface area contributed by atoms with Gasteiger partial charge in [0.1, 0.15) is 23.8 Å². The number of rotatable bonds is 6. The normalized spacial score (nSPS) is 18.2. The monoisotopic (exact) mass is 505 g/mol. The number of allylic oxidation sites excluding steroid dienone is 1. The largest absolute Gasteiger partial charge is 0.483 e. The lowest BCUT2D eigenvalue weighted by molar-refractivity contribution is 0.0626. The molecule has 5 rings (SSSR count). The van der Waals surface area contributed by atoms with Crippen molar-refractivity contribution in [3.8, 4) is 5.75 Å². The van der Waals surface area contributed by atoms with E-state index in [1.165, 1.54) is 12.3 Å². The molecule has 0 unspecified atom stereocenters. The molecule has 1 N–H and O–H groups in total. The Kier molecular flexibility index (Phi) is 6.60. The topological polar surface area (TPSA) is 80.6 Å². The first kappa shape index (κ1) is 24.4. The van der Waals surface area contributed by atoms with E-state index in [1.54, 1.807) is 9.47 Å². The fraction of sp³-hybridized carbons (Fsp3) is 0.250. The van der Waals surface area contributed by atoms with E-state index < -0.39 is 23.0 Å². The molecular formula is C28H25F2N3O4. The molecule has 190 valence electrons. The van der Waals surface area contributed by atoms with Gasteiger partial charge in [-0.3, -0.25) is 14.4 Å². The van der Waals surface area contributed by atoms with Crippen molar-refractivity contribution in [2.24, 2.45) is 0 Å². The highest BCUT2D eigenvalue weighted by atomic mass is 19.1. The third kappa shape index (κ3) is 4.76. The number of fused-ring (bicyclic) bond motifs is 4. The quantitative estimate of drug-likeness (QED) is 0.514. The number of pyridine rings is 1. The summed E-state index contributed by atoms with van der Waals surface area (Å²) in [4.78, 5) is 41.9. The molecule has 2 amide bonds. The zero-order valence-corrected chi connectivity index (χ0v) is 20.1. The van der Waals surface area contributed by atoms with Crippen molar-refractivity contribution < 1.29 is 23.1 Å². The van der Waals surface area contributed by atoms with E-state index in [9.17, 15) is 23.2 Å². The summed E-state index contributed by atoms with van der Waals surface area (Å²) in [5.74, 6) is -2.83. The van der Waals surface area contributed by atoms with Gasteiger partial charge in [0.2, 0.25) is 5.43 Å². The third-order valence-electron chi connectivity index (χ3n) is 6.70. The second kappa shape index (κ2) is 10.0. The summed E-state index contributed by atoms with van der Waals surface area (Å²) in [6.45, 7) is 2.11. The zero-order chi connectivity index (χ0) is 26.1. The van der Waals surface area contributed by atoms with Gasteiger partial charge in [0.15, 0.2) is 11.4 Å². The van der Waals surface area contributed by atoms with Crippen molar-refractivity contribution in [2.45, 2.75) is 38.6 Å². The molecule has 9 heteroatoms. The predicted octanol–water partition coefficient (Wildman–Crippen LogP) is 3.98. The minimum absolute atomic E-state index is 0.0285. The average Bonchev–Trinajstić information content (AvgIpc) is 3.06. The van der Waals surface area contributed by atoms with Crippen LogP contribution in [0.5, 0.6) is 5.75 Å². The number of carbonyl (C=O) groups excluding carboxylic acids is 2.